The molecule has 0 bridgehead atoms. The molecule has 0 aliphatic carbocycles. The Morgan fingerprint density at radius 1 is 1.29 bits per heavy atom. The lowest BCUT2D eigenvalue weighted by atomic mass is 10.1. The lowest BCUT2D eigenvalue weighted by Gasteiger charge is -2.18. The number of thioether (sulfide) groups is 1. The summed E-state index contributed by atoms with van der Waals surface area (Å²) < 4.78 is 28.9. The summed E-state index contributed by atoms with van der Waals surface area (Å²) in [6.45, 7) is 2.76. The van der Waals surface area contributed by atoms with Gasteiger partial charge in [-0.3, -0.25) is 0 Å². The number of benzene rings is 1. The van der Waals surface area contributed by atoms with Gasteiger partial charge in [-0.2, -0.15) is 16.1 Å². The quantitative estimate of drug-likeness (QED) is 0.813. The standard InChI is InChI=1S/C16H20ClN3O2S2/c1-12-18-16(11-19(12)2)24(21,22)20-8-7-15(23-10-9-20)13-5-3-4-6-14(13)17/h3-6,11,15H,7-10H2,1-2H3/t15-/m1/s1. The Kier molecular flexibility index (Phi) is 5.24. The second-order valence-corrected chi connectivity index (χ2v) is 9.41. The maximum atomic E-state index is 12.8. The molecule has 2 aromatic rings. The Bertz CT molecular complexity index is 816. The molecule has 0 unspecified atom stereocenters. The van der Waals surface area contributed by atoms with E-state index in [-0.39, 0.29) is 10.3 Å². The molecule has 5 nitrogen and oxygen atoms in total. The molecule has 24 heavy (non-hydrogen) atoms. The third-order valence-electron chi connectivity index (χ3n) is 4.24. The lowest BCUT2D eigenvalue weighted by molar-refractivity contribution is 0.426. The molecule has 1 aromatic heterocycles. The average molecular weight is 386 g/mol. The summed E-state index contributed by atoms with van der Waals surface area (Å²) in [5.74, 6) is 1.42. The van der Waals surface area contributed by atoms with Crippen LogP contribution in [0.15, 0.2) is 35.5 Å². The van der Waals surface area contributed by atoms with Gasteiger partial charge in [0.25, 0.3) is 10.0 Å². The second-order valence-electron chi connectivity index (χ2n) is 5.81. The number of aromatic nitrogens is 2. The molecule has 2 heterocycles. The van der Waals surface area contributed by atoms with Crippen molar-refractivity contribution >= 4 is 33.4 Å². The molecule has 1 aliphatic heterocycles. The number of hydrogen-bond donors (Lipinski definition) is 0. The largest absolute Gasteiger partial charge is 0.337 e. The SMILES string of the molecule is Cc1nc(S(=O)(=O)N2CCS[C@@H](c3ccccc3Cl)CC2)cn1C. The Morgan fingerprint density at radius 3 is 2.71 bits per heavy atom. The lowest BCUT2D eigenvalue weighted by Crippen LogP contribution is -2.33. The van der Waals surface area contributed by atoms with Crippen LogP contribution in [0.3, 0.4) is 0 Å². The fourth-order valence-electron chi connectivity index (χ4n) is 2.76. The summed E-state index contributed by atoms with van der Waals surface area (Å²) in [5, 5.41) is 1.08. The van der Waals surface area contributed by atoms with Gasteiger partial charge in [-0.15, -0.1) is 0 Å². The number of nitrogens with zero attached hydrogens (tertiary/aromatic N) is 3. The normalized spacial score (nSPS) is 20.0. The van der Waals surface area contributed by atoms with Crippen molar-refractivity contribution in [2.45, 2.75) is 23.6 Å². The van der Waals surface area contributed by atoms with Gasteiger partial charge in [-0.1, -0.05) is 29.8 Å². The molecule has 1 saturated heterocycles. The fourth-order valence-corrected chi connectivity index (χ4v) is 5.95. The monoisotopic (exact) mass is 385 g/mol. The minimum atomic E-state index is -3.55. The molecule has 8 heteroatoms. The molecule has 1 aliphatic rings. The second kappa shape index (κ2) is 7.07. The Labute approximate surface area is 152 Å². The maximum absolute atomic E-state index is 12.8. The van der Waals surface area contributed by atoms with Crippen LogP contribution in [-0.2, 0) is 17.1 Å². The van der Waals surface area contributed by atoms with E-state index in [9.17, 15) is 8.42 Å². The molecule has 1 fully saturated rings. The predicted octanol–water partition coefficient (Wildman–Crippen LogP) is 3.25. The van der Waals surface area contributed by atoms with Crippen molar-refractivity contribution in [1.29, 1.82) is 0 Å². The summed E-state index contributed by atoms with van der Waals surface area (Å²) in [7, 11) is -1.75. The zero-order valence-corrected chi connectivity index (χ0v) is 16.0. The van der Waals surface area contributed by atoms with Crippen LogP contribution < -0.4 is 0 Å². The third-order valence-corrected chi connectivity index (χ3v) is 7.67. The zero-order chi connectivity index (χ0) is 17.3. The van der Waals surface area contributed by atoms with Crippen LogP contribution in [0.2, 0.25) is 5.02 Å². The van der Waals surface area contributed by atoms with Gasteiger partial charge in [0.2, 0.25) is 0 Å². The van der Waals surface area contributed by atoms with Crippen LogP contribution >= 0.6 is 23.4 Å². The molecule has 3 rings (SSSR count). The molecule has 0 N–H and O–H groups in total. The van der Waals surface area contributed by atoms with Crippen molar-refractivity contribution in [3.8, 4) is 0 Å². The van der Waals surface area contributed by atoms with E-state index >= 15 is 0 Å². The van der Waals surface area contributed by atoms with Gasteiger partial charge in [0, 0.05) is 42.4 Å². The van der Waals surface area contributed by atoms with E-state index in [1.165, 1.54) is 0 Å². The topological polar surface area (TPSA) is 55.2 Å². The number of imidazole rings is 1. The number of hydrogen-bond acceptors (Lipinski definition) is 4. The molecule has 0 spiro atoms. The predicted molar refractivity (Wildman–Crippen MR) is 98.0 cm³/mol. The summed E-state index contributed by atoms with van der Waals surface area (Å²) in [4.78, 5) is 4.18. The Balaban J connectivity index is 1.79. The smallest absolute Gasteiger partial charge is 0.262 e. The maximum Gasteiger partial charge on any atom is 0.262 e. The van der Waals surface area contributed by atoms with Gasteiger partial charge in [-0.25, -0.2) is 13.4 Å². The van der Waals surface area contributed by atoms with Crippen LogP contribution in [-0.4, -0.2) is 41.1 Å². The van der Waals surface area contributed by atoms with Crippen LogP contribution in [0.1, 0.15) is 23.1 Å². The van der Waals surface area contributed by atoms with E-state index in [1.807, 2.05) is 24.3 Å². The highest BCUT2D eigenvalue weighted by atomic mass is 35.5. The highest BCUT2D eigenvalue weighted by Gasteiger charge is 2.30. The Morgan fingerprint density at radius 2 is 2.04 bits per heavy atom. The highest BCUT2D eigenvalue weighted by molar-refractivity contribution is 7.99. The summed E-state index contributed by atoms with van der Waals surface area (Å²) in [6, 6.07) is 7.78. The number of aryl methyl sites for hydroxylation is 2. The first-order chi connectivity index (χ1) is 11.4. The minimum absolute atomic E-state index is 0.128. The van der Waals surface area contributed by atoms with Crippen molar-refractivity contribution in [3.05, 3.63) is 46.9 Å². The third kappa shape index (κ3) is 3.49. The molecule has 1 atom stereocenters. The van der Waals surface area contributed by atoms with Gasteiger partial charge in [0.05, 0.1) is 0 Å². The Hall–Kier alpha value is -1.02. The molecule has 0 saturated carbocycles. The van der Waals surface area contributed by atoms with Crippen molar-refractivity contribution in [3.63, 3.8) is 0 Å². The van der Waals surface area contributed by atoms with Crippen molar-refractivity contribution in [2.24, 2.45) is 7.05 Å². The van der Waals surface area contributed by atoms with E-state index in [0.29, 0.717) is 18.9 Å². The summed E-state index contributed by atoms with van der Waals surface area (Å²) in [5.41, 5.74) is 1.08. The molecule has 1 aromatic carbocycles. The average Bonchev–Trinajstić information content (AvgIpc) is 2.77. The van der Waals surface area contributed by atoms with E-state index in [1.54, 1.807) is 40.8 Å². The van der Waals surface area contributed by atoms with Crippen LogP contribution in [0.25, 0.3) is 0 Å². The fraction of sp³-hybridized carbons (Fsp3) is 0.438. The first-order valence-corrected chi connectivity index (χ1v) is 10.6. The summed E-state index contributed by atoms with van der Waals surface area (Å²) in [6.07, 6.45) is 2.31. The van der Waals surface area contributed by atoms with Crippen LogP contribution in [0.4, 0.5) is 0 Å². The summed E-state index contributed by atoms with van der Waals surface area (Å²) >= 11 is 8.05. The molecule has 0 amide bonds. The van der Waals surface area contributed by atoms with Gasteiger partial charge in [-0.05, 0) is 25.0 Å². The van der Waals surface area contributed by atoms with E-state index in [2.05, 4.69) is 4.98 Å². The zero-order valence-electron chi connectivity index (χ0n) is 13.6. The van der Waals surface area contributed by atoms with Gasteiger partial charge >= 0.3 is 0 Å². The number of sulfonamides is 1. The van der Waals surface area contributed by atoms with Gasteiger partial charge < -0.3 is 4.57 Å². The van der Waals surface area contributed by atoms with E-state index in [0.717, 1.165) is 22.8 Å². The molecular weight excluding hydrogens is 366 g/mol. The molecular formula is C16H20ClN3O2S2. The minimum Gasteiger partial charge on any atom is -0.337 e. The van der Waals surface area contributed by atoms with Gasteiger partial charge in [0.15, 0.2) is 5.03 Å². The van der Waals surface area contributed by atoms with Gasteiger partial charge in [0.1, 0.15) is 5.82 Å². The first kappa shape index (κ1) is 17.8. The van der Waals surface area contributed by atoms with E-state index in [4.69, 9.17) is 11.6 Å². The first-order valence-electron chi connectivity index (χ1n) is 7.76. The van der Waals surface area contributed by atoms with Crippen molar-refractivity contribution in [2.75, 3.05) is 18.8 Å². The molecule has 0 radical (unpaired) electrons. The van der Waals surface area contributed by atoms with Crippen LogP contribution in [0, 0.1) is 6.92 Å². The van der Waals surface area contributed by atoms with Crippen LogP contribution in [0.5, 0.6) is 0 Å². The van der Waals surface area contributed by atoms with Crippen molar-refractivity contribution in [1.82, 2.24) is 13.9 Å². The molecule has 130 valence electrons. The number of rotatable bonds is 3. The number of halogens is 1. The van der Waals surface area contributed by atoms with E-state index < -0.39 is 10.0 Å². The van der Waals surface area contributed by atoms with Crippen molar-refractivity contribution < 1.29 is 8.42 Å². The highest BCUT2D eigenvalue weighted by Crippen LogP contribution is 2.38.